The molecular formula is C25H41N5O2. The third-order valence-corrected chi connectivity index (χ3v) is 5.99. The van der Waals surface area contributed by atoms with Crippen LogP contribution in [0.15, 0.2) is 29.3 Å². The lowest BCUT2D eigenvalue weighted by Crippen LogP contribution is -2.46. The smallest absolute Gasteiger partial charge is 0.222 e. The molecule has 1 amide bonds. The fourth-order valence-corrected chi connectivity index (χ4v) is 4.42. The SMILES string of the molecule is CCNC(=NCC1CN(CC(C)C)CCO1)NCCCC(=O)N1CCc2ccccc2C1. The highest BCUT2D eigenvalue weighted by atomic mass is 16.5. The fourth-order valence-electron chi connectivity index (χ4n) is 4.42. The first-order valence-corrected chi connectivity index (χ1v) is 12.3. The van der Waals surface area contributed by atoms with Gasteiger partial charge in [0, 0.05) is 52.2 Å². The van der Waals surface area contributed by atoms with Gasteiger partial charge in [0.05, 0.1) is 19.3 Å². The number of aliphatic imine (C=N–C) groups is 1. The molecule has 0 aromatic heterocycles. The maximum Gasteiger partial charge on any atom is 0.222 e. The minimum absolute atomic E-state index is 0.140. The van der Waals surface area contributed by atoms with Gasteiger partial charge in [-0.2, -0.15) is 0 Å². The predicted octanol–water partition coefficient (Wildman–Crippen LogP) is 2.26. The largest absolute Gasteiger partial charge is 0.374 e. The van der Waals surface area contributed by atoms with Gasteiger partial charge in [-0.3, -0.25) is 14.7 Å². The zero-order valence-electron chi connectivity index (χ0n) is 20.1. The Labute approximate surface area is 193 Å². The number of hydrogen-bond donors (Lipinski definition) is 2. The first-order chi connectivity index (χ1) is 15.5. The van der Waals surface area contributed by atoms with Crippen molar-refractivity contribution in [1.82, 2.24) is 20.4 Å². The van der Waals surface area contributed by atoms with Gasteiger partial charge in [-0.1, -0.05) is 38.1 Å². The number of ether oxygens (including phenoxy) is 1. The number of guanidine groups is 1. The molecule has 1 saturated heterocycles. The van der Waals surface area contributed by atoms with Gasteiger partial charge in [-0.05, 0) is 36.8 Å². The summed E-state index contributed by atoms with van der Waals surface area (Å²) in [7, 11) is 0. The van der Waals surface area contributed by atoms with Crippen molar-refractivity contribution in [3.8, 4) is 0 Å². The lowest BCUT2D eigenvalue weighted by Gasteiger charge is -2.33. The topological polar surface area (TPSA) is 69.2 Å². The van der Waals surface area contributed by atoms with Gasteiger partial charge in [0.1, 0.15) is 0 Å². The van der Waals surface area contributed by atoms with Gasteiger partial charge in [-0.15, -0.1) is 0 Å². The standard InChI is InChI=1S/C25H41N5O2/c1-4-26-25(28-16-23-19-29(14-15-32-23)17-20(2)3)27-12-7-10-24(31)30-13-11-21-8-5-6-9-22(21)18-30/h5-6,8-9,20,23H,4,7,10-19H2,1-3H3,(H2,26,27,28). The van der Waals surface area contributed by atoms with Crippen LogP contribution >= 0.6 is 0 Å². The molecule has 2 N–H and O–H groups in total. The van der Waals surface area contributed by atoms with Crippen LogP contribution in [0.2, 0.25) is 0 Å². The summed E-state index contributed by atoms with van der Waals surface area (Å²) < 4.78 is 5.91. The van der Waals surface area contributed by atoms with E-state index >= 15 is 0 Å². The number of amides is 1. The summed E-state index contributed by atoms with van der Waals surface area (Å²) in [6, 6.07) is 8.43. The first kappa shape index (κ1) is 24.5. The van der Waals surface area contributed by atoms with E-state index in [4.69, 9.17) is 9.73 Å². The number of benzene rings is 1. The van der Waals surface area contributed by atoms with Crippen LogP contribution in [0, 0.1) is 5.92 Å². The molecule has 0 saturated carbocycles. The molecule has 178 valence electrons. The van der Waals surface area contributed by atoms with Crippen molar-refractivity contribution in [2.24, 2.45) is 10.9 Å². The van der Waals surface area contributed by atoms with Crippen molar-refractivity contribution in [1.29, 1.82) is 0 Å². The number of nitrogens with one attached hydrogen (secondary N) is 2. The Balaban J connectivity index is 1.38. The van der Waals surface area contributed by atoms with Crippen molar-refractivity contribution in [2.45, 2.75) is 52.7 Å². The molecule has 2 aliphatic heterocycles. The molecule has 2 heterocycles. The molecule has 0 spiro atoms. The van der Waals surface area contributed by atoms with Crippen LogP contribution in [0.1, 0.15) is 44.7 Å². The maximum atomic E-state index is 12.6. The Bertz CT molecular complexity index is 752. The summed E-state index contributed by atoms with van der Waals surface area (Å²) in [6.45, 7) is 14.2. The normalized spacial score (nSPS) is 19.7. The number of nitrogens with zero attached hydrogens (tertiary/aromatic N) is 3. The van der Waals surface area contributed by atoms with Crippen LogP contribution in [-0.4, -0.2) is 80.2 Å². The van der Waals surface area contributed by atoms with Crippen LogP contribution in [0.3, 0.4) is 0 Å². The summed E-state index contributed by atoms with van der Waals surface area (Å²) >= 11 is 0. The van der Waals surface area contributed by atoms with Gasteiger partial charge in [0.25, 0.3) is 0 Å². The molecule has 1 aromatic rings. The second kappa shape index (κ2) is 12.8. The Kier molecular flexibility index (Phi) is 9.81. The van der Waals surface area contributed by atoms with Crippen LogP contribution < -0.4 is 10.6 Å². The van der Waals surface area contributed by atoms with E-state index in [2.05, 4.69) is 60.6 Å². The Morgan fingerprint density at radius 2 is 2.03 bits per heavy atom. The minimum atomic E-state index is 0.140. The number of fused-ring (bicyclic) bond motifs is 1. The summed E-state index contributed by atoms with van der Waals surface area (Å²) in [5.74, 6) is 1.71. The minimum Gasteiger partial charge on any atom is -0.374 e. The average molecular weight is 444 g/mol. The van der Waals surface area contributed by atoms with Crippen molar-refractivity contribution in [3.63, 3.8) is 0 Å². The zero-order chi connectivity index (χ0) is 22.8. The number of morpholine rings is 1. The van der Waals surface area contributed by atoms with Gasteiger partial charge in [0.15, 0.2) is 5.96 Å². The second-order valence-corrected chi connectivity index (χ2v) is 9.23. The van der Waals surface area contributed by atoms with E-state index in [9.17, 15) is 4.79 Å². The quantitative estimate of drug-likeness (QED) is 0.348. The number of hydrogen-bond acceptors (Lipinski definition) is 4. The zero-order valence-corrected chi connectivity index (χ0v) is 20.1. The summed E-state index contributed by atoms with van der Waals surface area (Å²) in [5, 5.41) is 6.68. The van der Waals surface area contributed by atoms with E-state index in [1.54, 1.807) is 0 Å². The summed E-state index contributed by atoms with van der Waals surface area (Å²) in [6.07, 6.45) is 2.45. The van der Waals surface area contributed by atoms with Crippen molar-refractivity contribution >= 4 is 11.9 Å². The van der Waals surface area contributed by atoms with Gasteiger partial charge in [-0.25, -0.2) is 0 Å². The Morgan fingerprint density at radius 3 is 2.81 bits per heavy atom. The molecule has 0 aliphatic carbocycles. The summed E-state index contributed by atoms with van der Waals surface area (Å²) in [5.41, 5.74) is 2.66. The average Bonchev–Trinajstić information content (AvgIpc) is 2.79. The first-order valence-electron chi connectivity index (χ1n) is 12.3. The highest BCUT2D eigenvalue weighted by Crippen LogP contribution is 2.19. The highest BCUT2D eigenvalue weighted by Gasteiger charge is 2.21. The summed E-state index contributed by atoms with van der Waals surface area (Å²) in [4.78, 5) is 21.8. The van der Waals surface area contributed by atoms with Crippen LogP contribution in [0.25, 0.3) is 0 Å². The Hall–Kier alpha value is -2.12. The lowest BCUT2D eigenvalue weighted by atomic mass is 9.99. The lowest BCUT2D eigenvalue weighted by molar-refractivity contribution is -0.132. The van der Waals surface area contributed by atoms with Crippen LogP contribution in [0.4, 0.5) is 0 Å². The van der Waals surface area contributed by atoms with Crippen LogP contribution in [0.5, 0.6) is 0 Å². The molecule has 0 radical (unpaired) electrons. The molecule has 1 atom stereocenters. The molecule has 7 nitrogen and oxygen atoms in total. The van der Waals surface area contributed by atoms with Crippen molar-refractivity contribution in [3.05, 3.63) is 35.4 Å². The van der Waals surface area contributed by atoms with E-state index in [-0.39, 0.29) is 12.0 Å². The number of carbonyl (C=O) groups excluding carboxylic acids is 1. The number of rotatable bonds is 9. The van der Waals surface area contributed by atoms with Crippen molar-refractivity contribution < 1.29 is 9.53 Å². The second-order valence-electron chi connectivity index (χ2n) is 9.23. The third kappa shape index (κ3) is 7.78. The monoisotopic (exact) mass is 443 g/mol. The molecule has 2 aliphatic rings. The van der Waals surface area contributed by atoms with E-state index in [1.807, 2.05) is 4.90 Å². The van der Waals surface area contributed by atoms with Crippen molar-refractivity contribution in [2.75, 3.05) is 52.4 Å². The van der Waals surface area contributed by atoms with Gasteiger partial charge in [0.2, 0.25) is 5.91 Å². The van der Waals surface area contributed by atoms with E-state index in [0.29, 0.717) is 18.9 Å². The molecule has 7 heteroatoms. The van der Waals surface area contributed by atoms with E-state index < -0.39 is 0 Å². The fraction of sp³-hybridized carbons (Fsp3) is 0.680. The molecule has 0 bridgehead atoms. The van der Waals surface area contributed by atoms with E-state index in [0.717, 1.165) is 71.2 Å². The molecular weight excluding hydrogens is 402 g/mol. The van der Waals surface area contributed by atoms with E-state index in [1.165, 1.54) is 11.1 Å². The molecule has 1 unspecified atom stereocenters. The maximum absolute atomic E-state index is 12.6. The third-order valence-electron chi connectivity index (χ3n) is 5.99. The Morgan fingerprint density at radius 1 is 1.22 bits per heavy atom. The molecule has 1 fully saturated rings. The predicted molar refractivity (Wildman–Crippen MR) is 130 cm³/mol. The molecule has 1 aromatic carbocycles. The molecule has 32 heavy (non-hydrogen) atoms. The highest BCUT2D eigenvalue weighted by molar-refractivity contribution is 5.80. The van der Waals surface area contributed by atoms with Crippen LogP contribution in [-0.2, 0) is 22.5 Å². The van der Waals surface area contributed by atoms with Gasteiger partial charge < -0.3 is 20.3 Å². The van der Waals surface area contributed by atoms with Gasteiger partial charge >= 0.3 is 0 Å². The number of carbonyl (C=O) groups is 1. The molecule has 3 rings (SSSR count).